The van der Waals surface area contributed by atoms with Gasteiger partial charge in [0, 0.05) is 26.1 Å². The highest BCUT2D eigenvalue weighted by molar-refractivity contribution is 6.21. The van der Waals surface area contributed by atoms with Crippen molar-refractivity contribution in [2.75, 3.05) is 19.6 Å². The standard InChI is InChI=1S/C20H26N2O3/c23-18(21-13-7-1-2-8-14-21)12-4-3-9-15-22-19(24)16-10-5-6-11-17(16)20(22)25/h5-6,10-11H,1-4,7-9,12-15H2. The first kappa shape index (κ1) is 17.6. The van der Waals surface area contributed by atoms with Crippen LogP contribution in [-0.2, 0) is 4.79 Å². The Morgan fingerprint density at radius 3 is 2.04 bits per heavy atom. The largest absolute Gasteiger partial charge is 0.343 e. The van der Waals surface area contributed by atoms with Gasteiger partial charge >= 0.3 is 0 Å². The van der Waals surface area contributed by atoms with Crippen molar-refractivity contribution in [2.24, 2.45) is 0 Å². The van der Waals surface area contributed by atoms with Gasteiger partial charge in [-0.2, -0.15) is 0 Å². The summed E-state index contributed by atoms with van der Waals surface area (Å²) in [4.78, 5) is 40.1. The van der Waals surface area contributed by atoms with Crippen molar-refractivity contribution in [3.8, 4) is 0 Å². The molecule has 0 atom stereocenters. The molecule has 0 saturated carbocycles. The molecule has 5 heteroatoms. The van der Waals surface area contributed by atoms with Crippen molar-refractivity contribution in [1.29, 1.82) is 0 Å². The molecule has 1 aromatic rings. The van der Waals surface area contributed by atoms with E-state index in [0.29, 0.717) is 24.1 Å². The van der Waals surface area contributed by atoms with Crippen LogP contribution >= 0.6 is 0 Å². The quantitative estimate of drug-likeness (QED) is 0.589. The molecule has 2 aliphatic heterocycles. The Labute approximate surface area is 149 Å². The second-order valence-electron chi connectivity index (χ2n) is 6.91. The average Bonchev–Trinajstić information content (AvgIpc) is 2.83. The molecular weight excluding hydrogens is 316 g/mol. The zero-order valence-electron chi connectivity index (χ0n) is 14.7. The van der Waals surface area contributed by atoms with Gasteiger partial charge in [-0.3, -0.25) is 19.3 Å². The fourth-order valence-electron chi connectivity index (χ4n) is 3.64. The Morgan fingerprint density at radius 2 is 1.44 bits per heavy atom. The van der Waals surface area contributed by atoms with E-state index >= 15 is 0 Å². The summed E-state index contributed by atoms with van der Waals surface area (Å²) in [5.41, 5.74) is 1.01. The molecular formula is C20H26N2O3. The number of rotatable bonds is 6. The van der Waals surface area contributed by atoms with Crippen LogP contribution in [0.3, 0.4) is 0 Å². The van der Waals surface area contributed by atoms with Gasteiger partial charge in [-0.25, -0.2) is 0 Å². The number of unbranched alkanes of at least 4 members (excludes halogenated alkanes) is 2. The number of imide groups is 1. The Bertz CT molecular complexity index is 613. The minimum atomic E-state index is -0.193. The number of likely N-dealkylation sites (tertiary alicyclic amines) is 1. The number of hydrogen-bond acceptors (Lipinski definition) is 3. The molecule has 25 heavy (non-hydrogen) atoms. The van der Waals surface area contributed by atoms with E-state index in [0.717, 1.165) is 45.2 Å². The molecule has 0 unspecified atom stereocenters. The smallest absolute Gasteiger partial charge is 0.261 e. The van der Waals surface area contributed by atoms with Crippen LogP contribution in [0.15, 0.2) is 24.3 Å². The van der Waals surface area contributed by atoms with Crippen molar-refractivity contribution >= 4 is 17.7 Å². The zero-order chi connectivity index (χ0) is 17.6. The van der Waals surface area contributed by atoms with Gasteiger partial charge in [0.2, 0.25) is 5.91 Å². The summed E-state index contributed by atoms with van der Waals surface area (Å²) >= 11 is 0. The number of carbonyl (C=O) groups is 3. The summed E-state index contributed by atoms with van der Waals surface area (Å²) in [6.07, 6.45) is 7.68. The van der Waals surface area contributed by atoms with Crippen LogP contribution in [0, 0.1) is 0 Å². The van der Waals surface area contributed by atoms with Crippen LogP contribution in [0.1, 0.15) is 72.1 Å². The Hall–Kier alpha value is -2.17. The van der Waals surface area contributed by atoms with Crippen LogP contribution in [0.25, 0.3) is 0 Å². The molecule has 134 valence electrons. The van der Waals surface area contributed by atoms with Crippen molar-refractivity contribution in [3.63, 3.8) is 0 Å². The van der Waals surface area contributed by atoms with E-state index in [2.05, 4.69) is 0 Å². The first-order chi connectivity index (χ1) is 12.2. The molecule has 3 amide bonds. The van der Waals surface area contributed by atoms with Crippen LogP contribution in [0.2, 0.25) is 0 Å². The van der Waals surface area contributed by atoms with E-state index in [1.807, 2.05) is 4.90 Å². The molecule has 2 heterocycles. The normalized spacial score (nSPS) is 17.6. The van der Waals surface area contributed by atoms with E-state index in [-0.39, 0.29) is 17.7 Å². The summed E-state index contributed by atoms with van der Waals surface area (Å²) in [5, 5.41) is 0. The van der Waals surface area contributed by atoms with Gasteiger partial charge in [0.15, 0.2) is 0 Å². The topological polar surface area (TPSA) is 57.7 Å². The average molecular weight is 342 g/mol. The zero-order valence-corrected chi connectivity index (χ0v) is 14.7. The van der Waals surface area contributed by atoms with Crippen molar-refractivity contribution in [3.05, 3.63) is 35.4 Å². The first-order valence-corrected chi connectivity index (χ1v) is 9.41. The minimum Gasteiger partial charge on any atom is -0.343 e. The molecule has 1 fully saturated rings. The van der Waals surface area contributed by atoms with Gasteiger partial charge in [0.25, 0.3) is 11.8 Å². The van der Waals surface area contributed by atoms with Gasteiger partial charge in [-0.15, -0.1) is 0 Å². The van der Waals surface area contributed by atoms with Gasteiger partial charge in [-0.05, 0) is 37.8 Å². The molecule has 0 aromatic heterocycles. The van der Waals surface area contributed by atoms with E-state index in [4.69, 9.17) is 0 Å². The Kier molecular flexibility index (Phi) is 5.84. The van der Waals surface area contributed by atoms with Crippen LogP contribution < -0.4 is 0 Å². The summed E-state index contributed by atoms with van der Waals surface area (Å²) in [7, 11) is 0. The molecule has 0 radical (unpaired) electrons. The highest BCUT2D eigenvalue weighted by Crippen LogP contribution is 2.23. The van der Waals surface area contributed by atoms with Crippen molar-refractivity contribution in [1.82, 2.24) is 9.80 Å². The molecule has 0 aliphatic carbocycles. The predicted octanol–water partition coefficient (Wildman–Crippen LogP) is 3.25. The highest BCUT2D eigenvalue weighted by Gasteiger charge is 2.34. The molecule has 3 rings (SSSR count). The lowest BCUT2D eigenvalue weighted by molar-refractivity contribution is -0.131. The fourth-order valence-corrected chi connectivity index (χ4v) is 3.64. The summed E-state index contributed by atoms with van der Waals surface area (Å²) < 4.78 is 0. The van der Waals surface area contributed by atoms with Gasteiger partial charge < -0.3 is 4.90 Å². The first-order valence-electron chi connectivity index (χ1n) is 9.41. The molecule has 0 spiro atoms. The van der Waals surface area contributed by atoms with E-state index in [9.17, 15) is 14.4 Å². The molecule has 1 saturated heterocycles. The third-order valence-electron chi connectivity index (χ3n) is 5.11. The number of nitrogens with zero attached hydrogens (tertiary/aromatic N) is 2. The van der Waals surface area contributed by atoms with Gasteiger partial charge in [0.1, 0.15) is 0 Å². The lowest BCUT2D eigenvalue weighted by Crippen LogP contribution is -2.32. The molecule has 1 aromatic carbocycles. The second-order valence-corrected chi connectivity index (χ2v) is 6.91. The second kappa shape index (κ2) is 8.28. The summed E-state index contributed by atoms with van der Waals surface area (Å²) in [6.45, 7) is 2.23. The van der Waals surface area contributed by atoms with Gasteiger partial charge in [-0.1, -0.05) is 31.4 Å². The molecule has 0 bridgehead atoms. The number of hydrogen-bond donors (Lipinski definition) is 0. The van der Waals surface area contributed by atoms with Crippen LogP contribution in [-0.4, -0.2) is 47.2 Å². The molecule has 2 aliphatic rings. The minimum absolute atomic E-state index is 0.193. The predicted molar refractivity (Wildman–Crippen MR) is 95.3 cm³/mol. The monoisotopic (exact) mass is 342 g/mol. The van der Waals surface area contributed by atoms with E-state index < -0.39 is 0 Å². The number of amides is 3. The third kappa shape index (κ3) is 4.09. The van der Waals surface area contributed by atoms with Crippen molar-refractivity contribution < 1.29 is 14.4 Å². The number of fused-ring (bicyclic) bond motifs is 1. The van der Waals surface area contributed by atoms with Crippen molar-refractivity contribution in [2.45, 2.75) is 51.4 Å². The SMILES string of the molecule is O=C(CCCCCN1C(=O)c2ccccc2C1=O)N1CCCCCC1. The van der Waals surface area contributed by atoms with E-state index in [1.165, 1.54) is 17.7 Å². The third-order valence-corrected chi connectivity index (χ3v) is 5.11. The number of benzene rings is 1. The lowest BCUT2D eigenvalue weighted by atomic mass is 10.1. The maximum absolute atomic E-state index is 12.3. The van der Waals surface area contributed by atoms with Crippen LogP contribution in [0.5, 0.6) is 0 Å². The Balaban J connectivity index is 1.38. The lowest BCUT2D eigenvalue weighted by Gasteiger charge is -2.20. The molecule has 5 nitrogen and oxygen atoms in total. The Morgan fingerprint density at radius 1 is 0.840 bits per heavy atom. The highest BCUT2D eigenvalue weighted by atomic mass is 16.2. The fraction of sp³-hybridized carbons (Fsp3) is 0.550. The summed E-state index contributed by atoms with van der Waals surface area (Å²) in [6, 6.07) is 6.97. The maximum Gasteiger partial charge on any atom is 0.261 e. The van der Waals surface area contributed by atoms with Crippen LogP contribution in [0.4, 0.5) is 0 Å². The maximum atomic E-state index is 12.3. The number of carbonyl (C=O) groups excluding carboxylic acids is 3. The van der Waals surface area contributed by atoms with Gasteiger partial charge in [0.05, 0.1) is 11.1 Å². The molecule has 0 N–H and O–H groups in total. The summed E-state index contributed by atoms with van der Waals surface area (Å²) in [5.74, 6) is -0.134. The van der Waals surface area contributed by atoms with E-state index in [1.54, 1.807) is 24.3 Å².